The number of carbonyl (C=O) groups is 2. The number of ether oxygens (including phenoxy) is 2. The molecule has 0 amide bonds. The summed E-state index contributed by atoms with van der Waals surface area (Å²) in [6, 6.07) is 15.5. The van der Waals surface area contributed by atoms with Crippen molar-refractivity contribution < 1.29 is 19.1 Å². The van der Waals surface area contributed by atoms with Crippen LogP contribution in [0.1, 0.15) is 50.6 Å². The predicted molar refractivity (Wildman–Crippen MR) is 114 cm³/mol. The van der Waals surface area contributed by atoms with Crippen molar-refractivity contribution in [1.82, 2.24) is 0 Å². The molecule has 0 saturated carbocycles. The molecule has 4 nitrogen and oxygen atoms in total. The highest BCUT2D eigenvalue weighted by molar-refractivity contribution is 7.17. The zero-order valence-corrected chi connectivity index (χ0v) is 17.3. The van der Waals surface area contributed by atoms with E-state index in [0.717, 1.165) is 45.7 Å². The summed E-state index contributed by atoms with van der Waals surface area (Å²) in [5.74, 6) is 0.181. The molecule has 1 aliphatic heterocycles. The largest absolute Gasteiger partial charge is 0.488 e. The Bertz CT molecular complexity index is 1080. The summed E-state index contributed by atoms with van der Waals surface area (Å²) in [7, 11) is 0. The Morgan fingerprint density at radius 3 is 2.69 bits per heavy atom. The molecule has 0 atom stereocenters. The molecule has 4 rings (SSSR count). The van der Waals surface area contributed by atoms with Crippen molar-refractivity contribution in [2.24, 2.45) is 0 Å². The first kappa shape index (κ1) is 19.4. The van der Waals surface area contributed by atoms with Crippen molar-refractivity contribution in [2.45, 2.75) is 33.3 Å². The molecule has 3 aromatic rings. The van der Waals surface area contributed by atoms with Gasteiger partial charge in [-0.1, -0.05) is 38.1 Å². The molecule has 0 spiro atoms. The third kappa shape index (κ3) is 3.83. The van der Waals surface area contributed by atoms with E-state index in [1.807, 2.05) is 49.4 Å². The zero-order valence-electron chi connectivity index (χ0n) is 16.5. The Morgan fingerprint density at radius 2 is 1.90 bits per heavy atom. The molecule has 0 radical (unpaired) electrons. The lowest BCUT2D eigenvalue weighted by Crippen LogP contribution is -2.15. The molecular formula is C24H22O4S. The van der Waals surface area contributed by atoms with Crippen LogP contribution in [0.5, 0.6) is 5.75 Å². The summed E-state index contributed by atoms with van der Waals surface area (Å²) < 4.78 is 11.1. The fourth-order valence-corrected chi connectivity index (χ4v) is 4.58. The standard InChI is InChI=1S/C24H22O4S/c1-3-15-9-10-16(4-2)19(11-15)20(25)14-28-24(26)22-12-17-13-27-21-8-6-5-7-18(21)23(17)29-22/h5-12H,3-4,13-14H2,1-2H3. The van der Waals surface area contributed by atoms with Gasteiger partial charge in [-0.2, -0.15) is 0 Å². The third-order valence-corrected chi connectivity index (χ3v) is 6.31. The van der Waals surface area contributed by atoms with Crippen molar-refractivity contribution >= 4 is 23.1 Å². The quantitative estimate of drug-likeness (QED) is 0.402. The predicted octanol–water partition coefficient (Wildman–Crippen LogP) is 5.47. The van der Waals surface area contributed by atoms with Crippen LogP contribution in [-0.4, -0.2) is 18.4 Å². The summed E-state index contributed by atoms with van der Waals surface area (Å²) in [5.41, 5.74) is 4.67. The molecule has 0 fully saturated rings. The van der Waals surface area contributed by atoms with Crippen LogP contribution < -0.4 is 4.74 Å². The van der Waals surface area contributed by atoms with Crippen LogP contribution in [0.2, 0.25) is 0 Å². The number of ketones is 1. The minimum Gasteiger partial charge on any atom is -0.488 e. The average Bonchev–Trinajstić information content (AvgIpc) is 3.21. The number of thiophene rings is 1. The Balaban J connectivity index is 1.49. The van der Waals surface area contributed by atoms with E-state index < -0.39 is 5.97 Å². The van der Waals surface area contributed by atoms with Gasteiger partial charge in [0, 0.05) is 21.6 Å². The highest BCUT2D eigenvalue weighted by Crippen LogP contribution is 2.42. The molecule has 0 N–H and O–H groups in total. The summed E-state index contributed by atoms with van der Waals surface area (Å²) in [6.07, 6.45) is 1.62. The van der Waals surface area contributed by atoms with Crippen molar-refractivity contribution in [3.8, 4) is 16.2 Å². The summed E-state index contributed by atoms with van der Waals surface area (Å²) >= 11 is 1.38. The Hall–Kier alpha value is -2.92. The first-order chi connectivity index (χ1) is 14.1. The van der Waals surface area contributed by atoms with Gasteiger partial charge in [-0.25, -0.2) is 4.79 Å². The normalized spacial score (nSPS) is 11.9. The molecule has 2 aromatic carbocycles. The lowest BCUT2D eigenvalue weighted by Gasteiger charge is -2.16. The molecule has 0 saturated heterocycles. The van der Waals surface area contributed by atoms with E-state index in [9.17, 15) is 9.59 Å². The van der Waals surface area contributed by atoms with Gasteiger partial charge in [0.05, 0.1) is 0 Å². The van der Waals surface area contributed by atoms with Crippen LogP contribution >= 0.6 is 11.3 Å². The van der Waals surface area contributed by atoms with Gasteiger partial charge in [-0.3, -0.25) is 4.79 Å². The number of fused-ring (bicyclic) bond motifs is 3. The van der Waals surface area contributed by atoms with Crippen molar-refractivity contribution in [3.05, 3.63) is 75.7 Å². The number of hydrogen-bond acceptors (Lipinski definition) is 5. The van der Waals surface area contributed by atoms with E-state index in [1.165, 1.54) is 11.3 Å². The lowest BCUT2D eigenvalue weighted by molar-refractivity contribution is 0.0479. The Kier molecular flexibility index (Phi) is 5.49. The van der Waals surface area contributed by atoms with Crippen LogP contribution in [0.4, 0.5) is 0 Å². The fraction of sp³-hybridized carbons (Fsp3) is 0.250. The van der Waals surface area contributed by atoms with Crippen LogP contribution in [0.25, 0.3) is 10.4 Å². The highest BCUT2D eigenvalue weighted by atomic mass is 32.1. The van der Waals surface area contributed by atoms with Gasteiger partial charge in [0.15, 0.2) is 6.61 Å². The second kappa shape index (κ2) is 8.21. The van der Waals surface area contributed by atoms with Crippen LogP contribution in [0.3, 0.4) is 0 Å². The van der Waals surface area contributed by atoms with Crippen LogP contribution in [0, 0.1) is 0 Å². The van der Waals surface area contributed by atoms with Crippen molar-refractivity contribution in [2.75, 3.05) is 6.61 Å². The maximum Gasteiger partial charge on any atom is 0.348 e. The van der Waals surface area contributed by atoms with E-state index in [0.29, 0.717) is 17.0 Å². The number of carbonyl (C=O) groups excluding carboxylic acids is 2. The third-order valence-electron chi connectivity index (χ3n) is 5.12. The second-order valence-electron chi connectivity index (χ2n) is 6.95. The number of aryl methyl sites for hydroxylation is 2. The van der Waals surface area contributed by atoms with E-state index in [4.69, 9.17) is 9.47 Å². The monoisotopic (exact) mass is 406 g/mol. The van der Waals surface area contributed by atoms with E-state index >= 15 is 0 Å². The molecule has 0 bridgehead atoms. The van der Waals surface area contributed by atoms with Crippen molar-refractivity contribution in [3.63, 3.8) is 0 Å². The molecule has 0 unspecified atom stereocenters. The molecule has 148 valence electrons. The average molecular weight is 407 g/mol. The van der Waals surface area contributed by atoms with Gasteiger partial charge in [-0.15, -0.1) is 11.3 Å². The minimum absolute atomic E-state index is 0.166. The summed E-state index contributed by atoms with van der Waals surface area (Å²) in [5, 5.41) is 0. The van der Waals surface area contributed by atoms with E-state index in [-0.39, 0.29) is 12.4 Å². The number of rotatable bonds is 6. The molecule has 0 aliphatic carbocycles. The van der Waals surface area contributed by atoms with Crippen LogP contribution in [-0.2, 0) is 24.2 Å². The topological polar surface area (TPSA) is 52.6 Å². The molecule has 1 aliphatic rings. The number of esters is 1. The zero-order chi connectivity index (χ0) is 20.4. The van der Waals surface area contributed by atoms with Gasteiger partial charge in [-0.05, 0) is 48.2 Å². The van der Waals surface area contributed by atoms with E-state index in [1.54, 1.807) is 6.07 Å². The Labute approximate surface area is 174 Å². The van der Waals surface area contributed by atoms with Gasteiger partial charge in [0.25, 0.3) is 0 Å². The number of hydrogen-bond donors (Lipinski definition) is 0. The van der Waals surface area contributed by atoms with Crippen LogP contribution in [0.15, 0.2) is 48.5 Å². The first-order valence-electron chi connectivity index (χ1n) is 9.77. The SMILES string of the molecule is CCc1ccc(CC)c(C(=O)COC(=O)c2cc3c(s2)-c2ccccc2OC3)c1. The molecule has 5 heteroatoms. The number of benzene rings is 2. The molecule has 1 aromatic heterocycles. The number of Topliss-reactive ketones (excluding diaryl/α,β-unsaturated/α-hetero) is 1. The maximum atomic E-state index is 12.7. The fourth-order valence-electron chi connectivity index (χ4n) is 3.49. The van der Waals surface area contributed by atoms with Gasteiger partial charge < -0.3 is 9.47 Å². The smallest absolute Gasteiger partial charge is 0.348 e. The lowest BCUT2D eigenvalue weighted by atomic mass is 9.98. The summed E-state index contributed by atoms with van der Waals surface area (Å²) in [6.45, 7) is 4.24. The number of para-hydroxylation sites is 1. The summed E-state index contributed by atoms with van der Waals surface area (Å²) in [4.78, 5) is 26.8. The second-order valence-corrected chi connectivity index (χ2v) is 8.00. The first-order valence-corrected chi connectivity index (χ1v) is 10.6. The molecule has 2 heterocycles. The molecular weight excluding hydrogens is 384 g/mol. The maximum absolute atomic E-state index is 12.7. The van der Waals surface area contributed by atoms with Gasteiger partial charge in [0.1, 0.15) is 17.2 Å². The van der Waals surface area contributed by atoms with E-state index in [2.05, 4.69) is 6.92 Å². The van der Waals surface area contributed by atoms with Gasteiger partial charge in [0.2, 0.25) is 5.78 Å². The Morgan fingerprint density at radius 1 is 1.07 bits per heavy atom. The minimum atomic E-state index is -0.472. The van der Waals surface area contributed by atoms with Crippen molar-refractivity contribution in [1.29, 1.82) is 0 Å². The van der Waals surface area contributed by atoms with Gasteiger partial charge >= 0.3 is 5.97 Å². The highest BCUT2D eigenvalue weighted by Gasteiger charge is 2.23. The molecule has 29 heavy (non-hydrogen) atoms.